The molecular formula is C33H29N3S. The molecule has 1 aliphatic heterocycles. The molecule has 4 heterocycles. The van der Waals surface area contributed by atoms with Crippen LogP contribution in [0.4, 0.5) is 0 Å². The molecule has 3 nitrogen and oxygen atoms in total. The van der Waals surface area contributed by atoms with Crippen molar-refractivity contribution in [2.45, 2.75) is 24.5 Å². The Kier molecular flexibility index (Phi) is 5.97. The molecule has 37 heavy (non-hydrogen) atoms. The molecule has 2 atom stereocenters. The van der Waals surface area contributed by atoms with Crippen LogP contribution < -0.4 is 10.6 Å². The van der Waals surface area contributed by atoms with Crippen LogP contribution >= 0.6 is 11.8 Å². The van der Waals surface area contributed by atoms with E-state index in [9.17, 15) is 0 Å². The zero-order valence-corrected chi connectivity index (χ0v) is 22.0. The van der Waals surface area contributed by atoms with E-state index in [0.29, 0.717) is 5.25 Å². The first kappa shape index (κ1) is 23.4. The van der Waals surface area contributed by atoms with Crippen LogP contribution in [-0.4, -0.2) is 19.4 Å². The fraction of sp³-hybridized carbons (Fsp3) is 0.121. The van der Waals surface area contributed by atoms with Gasteiger partial charge in [0.15, 0.2) is 0 Å². The summed E-state index contributed by atoms with van der Waals surface area (Å²) < 4.78 is 4.63. The Morgan fingerprint density at radius 3 is 2.57 bits per heavy atom. The Labute approximate surface area is 221 Å². The number of pyridine rings is 1. The van der Waals surface area contributed by atoms with Crippen molar-refractivity contribution in [1.82, 2.24) is 14.1 Å². The first-order valence-corrected chi connectivity index (χ1v) is 13.6. The van der Waals surface area contributed by atoms with E-state index in [1.165, 1.54) is 5.57 Å². The normalized spacial score (nSPS) is 19.9. The summed E-state index contributed by atoms with van der Waals surface area (Å²) in [5.41, 5.74) is 6.60. The van der Waals surface area contributed by atoms with Crippen molar-refractivity contribution in [1.29, 1.82) is 0 Å². The molecule has 2 unspecified atom stereocenters. The number of benzene rings is 1. The molecule has 1 aromatic carbocycles. The van der Waals surface area contributed by atoms with Gasteiger partial charge in [-0.3, -0.25) is 4.57 Å². The second-order valence-electron chi connectivity index (χ2n) is 9.12. The summed E-state index contributed by atoms with van der Waals surface area (Å²) in [6.45, 7) is 12.4. The molecular weight excluding hydrogens is 470 g/mol. The van der Waals surface area contributed by atoms with E-state index < -0.39 is 0 Å². The maximum absolute atomic E-state index is 5.43. The highest BCUT2D eigenvalue weighted by Gasteiger charge is 2.30. The maximum atomic E-state index is 5.43. The van der Waals surface area contributed by atoms with Gasteiger partial charge in [0.25, 0.3) is 0 Å². The van der Waals surface area contributed by atoms with Crippen LogP contribution in [0, 0.1) is 0 Å². The third-order valence-electron chi connectivity index (χ3n) is 7.05. The quantitative estimate of drug-likeness (QED) is 0.293. The second kappa shape index (κ2) is 9.45. The topological polar surface area (TPSA) is 22.8 Å². The number of aromatic nitrogens is 3. The summed E-state index contributed by atoms with van der Waals surface area (Å²) in [6.07, 6.45) is 23.5. The van der Waals surface area contributed by atoms with E-state index in [2.05, 4.69) is 121 Å². The van der Waals surface area contributed by atoms with Crippen LogP contribution in [-0.2, 0) is 0 Å². The molecule has 0 radical (unpaired) electrons. The molecule has 3 aromatic heterocycles. The van der Waals surface area contributed by atoms with E-state index in [1.807, 2.05) is 30.0 Å². The largest absolute Gasteiger partial charge is 0.309 e. The first-order valence-electron chi connectivity index (χ1n) is 12.6. The van der Waals surface area contributed by atoms with Crippen LogP contribution in [0.1, 0.15) is 30.5 Å². The van der Waals surface area contributed by atoms with E-state index in [-0.39, 0.29) is 5.37 Å². The Morgan fingerprint density at radius 1 is 1.03 bits per heavy atom. The molecule has 4 aromatic rings. The van der Waals surface area contributed by atoms with Crippen LogP contribution in [0.25, 0.3) is 52.1 Å². The Morgan fingerprint density at radius 2 is 1.86 bits per heavy atom. The van der Waals surface area contributed by atoms with Crippen LogP contribution in [0.3, 0.4) is 0 Å². The van der Waals surface area contributed by atoms with Gasteiger partial charge < -0.3 is 4.57 Å². The number of nitrogens with zero attached hydrogens (tertiary/aromatic N) is 3. The minimum Gasteiger partial charge on any atom is -0.309 e. The van der Waals surface area contributed by atoms with Gasteiger partial charge in [-0.2, -0.15) is 0 Å². The van der Waals surface area contributed by atoms with Gasteiger partial charge in [-0.05, 0) is 55.8 Å². The highest BCUT2D eigenvalue weighted by atomic mass is 32.2. The van der Waals surface area contributed by atoms with Gasteiger partial charge in [0.2, 0.25) is 0 Å². The Hall–Kier alpha value is -4.02. The Bertz CT molecular complexity index is 1810. The third kappa shape index (κ3) is 3.63. The molecule has 182 valence electrons. The standard InChI is InChI=1S/C33H29N3S/c1-5-14-28-24(7-3)26-21-27-25(8-4)29(15-6-2)36(31-20-22-16-12-13-19-30(22)37-31)33(27)34-32(26)35(28)23-17-10-9-11-18-23/h5-21,30-31H,1,4H2,2-3H3/b15-6-,24-7-,28-14+. The minimum absolute atomic E-state index is 0.135. The minimum atomic E-state index is 0.135. The lowest BCUT2D eigenvalue weighted by molar-refractivity contribution is 0.823. The summed E-state index contributed by atoms with van der Waals surface area (Å²) in [5.74, 6) is 0. The van der Waals surface area contributed by atoms with Gasteiger partial charge in [-0.25, -0.2) is 4.98 Å². The van der Waals surface area contributed by atoms with Crippen LogP contribution in [0.15, 0.2) is 97.7 Å². The number of hydrogen-bond donors (Lipinski definition) is 0. The summed E-state index contributed by atoms with van der Waals surface area (Å²) in [6, 6.07) is 12.7. The molecule has 0 N–H and O–H groups in total. The molecule has 0 fully saturated rings. The number of allylic oxidation sites excluding steroid dienone is 5. The molecule has 0 bridgehead atoms. The molecule has 0 saturated carbocycles. The lowest BCUT2D eigenvalue weighted by atomic mass is 10.1. The summed E-state index contributed by atoms with van der Waals surface area (Å²) in [4.78, 5) is 5.43. The van der Waals surface area contributed by atoms with E-state index in [4.69, 9.17) is 4.98 Å². The van der Waals surface area contributed by atoms with Crippen molar-refractivity contribution in [3.05, 3.63) is 119 Å². The average molecular weight is 500 g/mol. The lowest BCUT2D eigenvalue weighted by Gasteiger charge is -2.16. The molecule has 6 rings (SSSR count). The van der Waals surface area contributed by atoms with Crippen LogP contribution in [0.2, 0.25) is 0 Å². The van der Waals surface area contributed by atoms with Crippen molar-refractivity contribution in [2.75, 3.05) is 0 Å². The smallest absolute Gasteiger partial charge is 0.148 e. The van der Waals surface area contributed by atoms with Gasteiger partial charge in [0, 0.05) is 27.2 Å². The molecule has 0 saturated heterocycles. The van der Waals surface area contributed by atoms with E-state index in [1.54, 1.807) is 0 Å². The van der Waals surface area contributed by atoms with Gasteiger partial charge in [0.05, 0.1) is 16.3 Å². The highest BCUT2D eigenvalue weighted by Crippen LogP contribution is 2.46. The van der Waals surface area contributed by atoms with Crippen LogP contribution in [0.5, 0.6) is 0 Å². The predicted octanol–water partition coefficient (Wildman–Crippen LogP) is 7.09. The maximum Gasteiger partial charge on any atom is 0.148 e. The number of fused-ring (bicyclic) bond motifs is 3. The third-order valence-corrected chi connectivity index (χ3v) is 8.40. The monoisotopic (exact) mass is 499 g/mol. The van der Waals surface area contributed by atoms with Crippen molar-refractivity contribution >= 4 is 58.1 Å². The first-order chi connectivity index (χ1) is 18.2. The second-order valence-corrected chi connectivity index (χ2v) is 10.4. The van der Waals surface area contributed by atoms with E-state index >= 15 is 0 Å². The molecule has 4 heteroatoms. The van der Waals surface area contributed by atoms with Gasteiger partial charge >= 0.3 is 0 Å². The van der Waals surface area contributed by atoms with Crippen molar-refractivity contribution < 1.29 is 0 Å². The van der Waals surface area contributed by atoms with Crippen molar-refractivity contribution in [2.24, 2.45) is 0 Å². The van der Waals surface area contributed by atoms with Gasteiger partial charge in [0.1, 0.15) is 16.7 Å². The fourth-order valence-corrected chi connectivity index (χ4v) is 6.89. The number of para-hydroxylation sites is 1. The number of hydrogen-bond acceptors (Lipinski definition) is 2. The van der Waals surface area contributed by atoms with E-state index in [0.717, 1.165) is 49.6 Å². The molecule has 1 aliphatic carbocycles. The Balaban J connectivity index is 1.76. The average Bonchev–Trinajstić information content (AvgIpc) is 3.57. The SMILES string of the molecule is C=C/C=c1\c(=C/C)c2cc3c(C=C)c(/C=C\C)n(C4C=C5C=CC=CC5S4)c3nc2n1-c1ccccc1. The summed E-state index contributed by atoms with van der Waals surface area (Å²) in [5, 5.41) is 4.98. The highest BCUT2D eigenvalue weighted by molar-refractivity contribution is 8.00. The number of rotatable bonds is 5. The summed E-state index contributed by atoms with van der Waals surface area (Å²) in [7, 11) is 0. The van der Waals surface area contributed by atoms with Gasteiger partial charge in [-0.15, -0.1) is 11.8 Å². The van der Waals surface area contributed by atoms with Crippen molar-refractivity contribution in [3.8, 4) is 5.69 Å². The lowest BCUT2D eigenvalue weighted by Crippen LogP contribution is -2.27. The summed E-state index contributed by atoms with van der Waals surface area (Å²) >= 11 is 1.95. The molecule has 0 amide bonds. The molecule has 0 spiro atoms. The van der Waals surface area contributed by atoms with Gasteiger partial charge in [-0.1, -0.05) is 80.0 Å². The predicted molar refractivity (Wildman–Crippen MR) is 162 cm³/mol. The number of thioether (sulfide) groups is 1. The van der Waals surface area contributed by atoms with Crippen molar-refractivity contribution in [3.63, 3.8) is 0 Å². The fourth-order valence-electron chi connectivity index (χ4n) is 5.52. The zero-order chi connectivity index (χ0) is 25.5. The molecule has 2 aliphatic rings. The zero-order valence-electron chi connectivity index (χ0n) is 21.1.